The number of hydrogen-bond acceptors (Lipinski definition) is 0. The Bertz CT molecular complexity index is 28.6. The van der Waals surface area contributed by atoms with Crippen molar-refractivity contribution in [1.82, 2.24) is 0 Å². The second kappa shape index (κ2) is 16.2. The van der Waals surface area contributed by atoms with Crippen molar-refractivity contribution >= 4 is 0 Å². The van der Waals surface area contributed by atoms with Crippen LogP contribution in [0.1, 0.15) is 26.7 Å². The summed E-state index contributed by atoms with van der Waals surface area (Å²) in [6.45, 7) is 1.28. The van der Waals surface area contributed by atoms with E-state index in [1.807, 2.05) is 0 Å². The number of rotatable bonds is 1. The average Bonchev–Trinajstić information content (AvgIpc) is 1.65. The molecule has 0 radical (unpaired) electrons. The van der Waals surface area contributed by atoms with Gasteiger partial charge < -0.3 is 13.2 Å². The van der Waals surface area contributed by atoms with Gasteiger partial charge in [0.1, 0.15) is 0 Å². The number of unbranched alkanes of at least 4 members (excludes halogenated alkanes) is 1. The smallest absolute Gasteiger partial charge is 0.385 e. The zero-order valence-electron chi connectivity index (χ0n) is 6.05. The van der Waals surface area contributed by atoms with Gasteiger partial charge in [-0.05, 0) is 0 Å². The molecule has 0 aliphatic rings. The molecule has 52 valence electrons. The molecule has 0 aromatic rings. The molecule has 4 heteroatoms. The fraction of sp³-hybridized carbons (Fsp3) is 0.800. The zero-order chi connectivity index (χ0) is 6.99. The maximum atomic E-state index is 9.58. The van der Waals surface area contributed by atoms with Crippen molar-refractivity contribution in [2.45, 2.75) is 26.7 Å². The molecule has 0 aromatic carbocycles. The molecule has 0 saturated carbocycles. The molecule has 0 aliphatic carbocycles. The van der Waals surface area contributed by atoms with E-state index < -0.39 is 6.68 Å². The molecule has 9 heavy (non-hydrogen) atoms. The van der Waals surface area contributed by atoms with Crippen LogP contribution in [-0.4, -0.2) is 0 Å². The Kier molecular flexibility index (Phi) is 30.2. The summed E-state index contributed by atoms with van der Waals surface area (Å²) in [4.78, 5) is 0. The fourth-order valence-corrected chi connectivity index (χ4v) is 0. The van der Waals surface area contributed by atoms with Crippen LogP contribution < -0.4 is 51.4 Å². The first-order chi connectivity index (χ1) is 3.65. The Morgan fingerprint density at radius 2 is 1.11 bits per heavy atom. The van der Waals surface area contributed by atoms with Gasteiger partial charge in [-0.25, -0.2) is 0 Å². The predicted octanol–water partition coefficient (Wildman–Crippen LogP) is 0.152. The van der Waals surface area contributed by atoms with E-state index in [1.165, 1.54) is 12.8 Å². The van der Waals surface area contributed by atoms with Crippen LogP contribution in [0.2, 0.25) is 0 Å². The van der Waals surface area contributed by atoms with Crippen molar-refractivity contribution in [3.8, 4) is 0 Å². The molecule has 0 rings (SSSR count). The normalized spacial score (nSPS) is 7.33. The standard InChI is InChI=1S/C4H10.CF3.K/c1-3-4-2;2-1(3)4;/h3-4H2,1-2H3;;/q;-1;+1. The van der Waals surface area contributed by atoms with Crippen molar-refractivity contribution in [3.63, 3.8) is 0 Å². The minimum Gasteiger partial charge on any atom is -0.385 e. The van der Waals surface area contributed by atoms with E-state index in [-0.39, 0.29) is 51.4 Å². The fourth-order valence-electron chi connectivity index (χ4n) is 0. The second-order valence-corrected chi connectivity index (χ2v) is 1.21. The molecule has 0 amide bonds. The first kappa shape index (κ1) is 16.8. The van der Waals surface area contributed by atoms with Crippen LogP contribution in [0.4, 0.5) is 13.2 Å². The van der Waals surface area contributed by atoms with Crippen LogP contribution in [0.25, 0.3) is 0 Å². The van der Waals surface area contributed by atoms with Crippen molar-refractivity contribution in [3.05, 3.63) is 6.68 Å². The molecular formula is C5H10F3K. The number of halogens is 3. The van der Waals surface area contributed by atoms with E-state index in [0.717, 1.165) is 0 Å². The number of hydrogen-bond donors (Lipinski definition) is 0. The summed E-state index contributed by atoms with van der Waals surface area (Å²) in [5, 5.41) is 0. The van der Waals surface area contributed by atoms with Gasteiger partial charge >= 0.3 is 51.4 Å². The van der Waals surface area contributed by atoms with Crippen LogP contribution in [0.3, 0.4) is 0 Å². The van der Waals surface area contributed by atoms with E-state index in [0.29, 0.717) is 0 Å². The monoisotopic (exact) mass is 166 g/mol. The van der Waals surface area contributed by atoms with Crippen LogP contribution in [-0.2, 0) is 0 Å². The van der Waals surface area contributed by atoms with E-state index >= 15 is 0 Å². The summed E-state index contributed by atoms with van der Waals surface area (Å²) in [7, 11) is 0. The summed E-state index contributed by atoms with van der Waals surface area (Å²) in [6, 6.07) is 0. The predicted molar refractivity (Wildman–Crippen MR) is 27.1 cm³/mol. The molecule has 0 aliphatic heterocycles. The molecule has 0 heterocycles. The Morgan fingerprint density at radius 1 is 1.00 bits per heavy atom. The summed E-state index contributed by atoms with van der Waals surface area (Å²) < 4.78 is 28.8. The third kappa shape index (κ3) is 88.3. The molecule has 0 bridgehead atoms. The summed E-state index contributed by atoms with van der Waals surface area (Å²) in [5.41, 5.74) is 0. The Morgan fingerprint density at radius 3 is 1.11 bits per heavy atom. The maximum Gasteiger partial charge on any atom is 1.00 e. The summed E-state index contributed by atoms with van der Waals surface area (Å²) in [6.07, 6.45) is 2.64. The van der Waals surface area contributed by atoms with Crippen molar-refractivity contribution < 1.29 is 64.6 Å². The van der Waals surface area contributed by atoms with Crippen LogP contribution in [0.5, 0.6) is 0 Å². The molecule has 0 N–H and O–H groups in total. The van der Waals surface area contributed by atoms with Gasteiger partial charge in [-0.2, -0.15) is 0 Å². The van der Waals surface area contributed by atoms with Gasteiger partial charge in [-0.15, -0.1) is 0 Å². The van der Waals surface area contributed by atoms with E-state index in [2.05, 4.69) is 13.8 Å². The van der Waals surface area contributed by atoms with Gasteiger partial charge in [0.05, 0.1) is 0 Å². The van der Waals surface area contributed by atoms with Gasteiger partial charge in [-0.3, -0.25) is 0 Å². The van der Waals surface area contributed by atoms with E-state index in [4.69, 9.17) is 0 Å². The summed E-state index contributed by atoms with van der Waals surface area (Å²) >= 11 is 0. The molecule has 0 atom stereocenters. The second-order valence-electron chi connectivity index (χ2n) is 1.21. The zero-order valence-corrected chi connectivity index (χ0v) is 9.17. The molecule has 0 unspecified atom stereocenters. The topological polar surface area (TPSA) is 0 Å². The van der Waals surface area contributed by atoms with Gasteiger partial charge in [-0.1, -0.05) is 26.7 Å². The van der Waals surface area contributed by atoms with Gasteiger partial charge in [0.25, 0.3) is 0 Å². The third-order valence-corrected chi connectivity index (χ3v) is 0.500. The molecule has 0 aromatic heterocycles. The van der Waals surface area contributed by atoms with Crippen LogP contribution in [0.15, 0.2) is 0 Å². The van der Waals surface area contributed by atoms with Gasteiger partial charge in [0.15, 0.2) is 6.68 Å². The summed E-state index contributed by atoms with van der Waals surface area (Å²) in [5.74, 6) is 0. The van der Waals surface area contributed by atoms with Crippen LogP contribution in [0, 0.1) is 6.68 Å². The quantitative estimate of drug-likeness (QED) is 0.384. The van der Waals surface area contributed by atoms with Crippen molar-refractivity contribution in [2.24, 2.45) is 0 Å². The van der Waals surface area contributed by atoms with Gasteiger partial charge in [0.2, 0.25) is 0 Å². The maximum absolute atomic E-state index is 9.58. The minimum absolute atomic E-state index is 0. The van der Waals surface area contributed by atoms with E-state index in [9.17, 15) is 13.2 Å². The van der Waals surface area contributed by atoms with Crippen molar-refractivity contribution in [1.29, 1.82) is 0 Å². The molecule has 0 spiro atoms. The minimum atomic E-state index is -3.08. The Labute approximate surface area is 96.6 Å². The third-order valence-electron chi connectivity index (χ3n) is 0.500. The SMILES string of the molecule is CCCC.F[C-](F)F.[K+]. The van der Waals surface area contributed by atoms with Crippen LogP contribution >= 0.6 is 0 Å². The molecule has 0 saturated heterocycles. The molecule has 0 fully saturated rings. The van der Waals surface area contributed by atoms with Crippen molar-refractivity contribution in [2.75, 3.05) is 0 Å². The van der Waals surface area contributed by atoms with Gasteiger partial charge in [0, 0.05) is 0 Å². The Hall–Kier alpha value is 1.43. The molecule has 0 nitrogen and oxygen atoms in total. The average molecular weight is 166 g/mol. The van der Waals surface area contributed by atoms with E-state index in [1.54, 1.807) is 0 Å². The largest absolute Gasteiger partial charge is 1.00 e. The first-order valence-electron chi connectivity index (χ1n) is 2.48. The molecular weight excluding hydrogens is 156 g/mol. The Balaban J connectivity index is -0.0000000720. The first-order valence-corrected chi connectivity index (χ1v) is 2.48.